The maximum Gasteiger partial charge on any atom is 0.307 e. The molecule has 0 saturated heterocycles. The third-order valence-electron chi connectivity index (χ3n) is 4.21. The monoisotopic (exact) mass is 239 g/mol. The van der Waals surface area contributed by atoms with Crippen LogP contribution in [0.25, 0.3) is 0 Å². The average molecular weight is 239 g/mol. The van der Waals surface area contributed by atoms with Gasteiger partial charge in [-0.25, -0.2) is 0 Å². The summed E-state index contributed by atoms with van der Waals surface area (Å²) in [5.41, 5.74) is 0.281. The Morgan fingerprint density at radius 2 is 1.82 bits per heavy atom. The second kappa shape index (κ2) is 4.67. The van der Waals surface area contributed by atoms with Crippen LogP contribution in [0.2, 0.25) is 0 Å². The molecule has 2 atom stereocenters. The number of nitrogens with one attached hydrogen (secondary N) is 1. The summed E-state index contributed by atoms with van der Waals surface area (Å²) in [6.07, 6.45) is 5.60. The summed E-state index contributed by atoms with van der Waals surface area (Å²) in [5, 5.41) is 12.1. The van der Waals surface area contributed by atoms with Crippen molar-refractivity contribution in [2.75, 3.05) is 6.54 Å². The van der Waals surface area contributed by atoms with Crippen LogP contribution in [0.15, 0.2) is 0 Å². The Morgan fingerprint density at radius 1 is 1.24 bits per heavy atom. The molecule has 0 aromatic rings. The predicted molar refractivity (Wildman–Crippen MR) is 63.4 cm³/mol. The van der Waals surface area contributed by atoms with E-state index in [0.29, 0.717) is 13.0 Å². The van der Waals surface area contributed by atoms with Crippen LogP contribution in [0.5, 0.6) is 0 Å². The van der Waals surface area contributed by atoms with Crippen LogP contribution >= 0.6 is 0 Å². The first-order valence-corrected chi connectivity index (χ1v) is 6.52. The second-order valence-corrected chi connectivity index (χ2v) is 5.86. The SMILES string of the molecule is CC1(CNC(=O)C2CCCCC2C(=O)O)CC1. The van der Waals surface area contributed by atoms with Crippen LogP contribution in [0, 0.1) is 17.3 Å². The van der Waals surface area contributed by atoms with Crippen molar-refractivity contribution < 1.29 is 14.7 Å². The zero-order valence-electron chi connectivity index (χ0n) is 10.4. The number of carboxylic acid groups (broad SMARTS) is 1. The van der Waals surface area contributed by atoms with E-state index in [1.165, 1.54) is 12.8 Å². The normalized spacial score (nSPS) is 30.6. The molecule has 2 rings (SSSR count). The number of amides is 1. The van der Waals surface area contributed by atoms with Crippen molar-refractivity contribution in [1.29, 1.82) is 0 Å². The van der Waals surface area contributed by atoms with Gasteiger partial charge in [0.1, 0.15) is 0 Å². The predicted octanol–water partition coefficient (Wildman–Crippen LogP) is 1.79. The fourth-order valence-electron chi connectivity index (χ4n) is 2.56. The fourth-order valence-corrected chi connectivity index (χ4v) is 2.56. The number of carboxylic acids is 1. The number of hydrogen-bond acceptors (Lipinski definition) is 2. The molecule has 1 amide bonds. The van der Waals surface area contributed by atoms with Gasteiger partial charge in [-0.05, 0) is 31.1 Å². The highest BCUT2D eigenvalue weighted by Gasteiger charge is 2.40. The maximum atomic E-state index is 12.0. The summed E-state index contributed by atoms with van der Waals surface area (Å²) in [6, 6.07) is 0. The van der Waals surface area contributed by atoms with Crippen molar-refractivity contribution >= 4 is 11.9 Å². The third kappa shape index (κ3) is 2.99. The van der Waals surface area contributed by atoms with Gasteiger partial charge in [-0.2, -0.15) is 0 Å². The first-order valence-electron chi connectivity index (χ1n) is 6.52. The van der Waals surface area contributed by atoms with E-state index in [1.807, 2.05) is 0 Å². The first-order chi connectivity index (χ1) is 8.02. The molecule has 0 radical (unpaired) electrons. The van der Waals surface area contributed by atoms with Gasteiger partial charge in [-0.3, -0.25) is 9.59 Å². The number of aliphatic carboxylic acids is 1. The zero-order valence-corrected chi connectivity index (χ0v) is 10.4. The molecule has 2 fully saturated rings. The van der Waals surface area contributed by atoms with Gasteiger partial charge < -0.3 is 10.4 Å². The third-order valence-corrected chi connectivity index (χ3v) is 4.21. The Kier molecular flexibility index (Phi) is 3.40. The van der Waals surface area contributed by atoms with Crippen LogP contribution < -0.4 is 5.32 Å². The number of carbonyl (C=O) groups is 2. The summed E-state index contributed by atoms with van der Waals surface area (Å²) in [7, 11) is 0. The molecular weight excluding hydrogens is 218 g/mol. The lowest BCUT2D eigenvalue weighted by molar-refractivity contribution is -0.148. The van der Waals surface area contributed by atoms with Crippen LogP contribution in [0.1, 0.15) is 45.4 Å². The highest BCUT2D eigenvalue weighted by Crippen LogP contribution is 2.44. The highest BCUT2D eigenvalue weighted by molar-refractivity contribution is 5.84. The van der Waals surface area contributed by atoms with Crippen LogP contribution in [0.4, 0.5) is 0 Å². The standard InChI is InChI=1S/C13H21NO3/c1-13(6-7-13)8-14-11(15)9-4-2-3-5-10(9)12(16)17/h9-10H,2-8H2,1H3,(H,14,15)(H,16,17). The van der Waals surface area contributed by atoms with Crippen molar-refractivity contribution in [3.05, 3.63) is 0 Å². The number of rotatable bonds is 4. The minimum Gasteiger partial charge on any atom is -0.481 e. The van der Waals surface area contributed by atoms with E-state index in [9.17, 15) is 9.59 Å². The first kappa shape index (κ1) is 12.4. The van der Waals surface area contributed by atoms with E-state index in [4.69, 9.17) is 5.11 Å². The molecule has 0 bridgehead atoms. The topological polar surface area (TPSA) is 66.4 Å². The van der Waals surface area contributed by atoms with E-state index in [2.05, 4.69) is 12.2 Å². The van der Waals surface area contributed by atoms with E-state index in [-0.39, 0.29) is 17.2 Å². The lowest BCUT2D eigenvalue weighted by atomic mass is 9.78. The molecule has 4 nitrogen and oxygen atoms in total. The van der Waals surface area contributed by atoms with Gasteiger partial charge in [0.05, 0.1) is 11.8 Å². The van der Waals surface area contributed by atoms with Gasteiger partial charge in [0.2, 0.25) is 5.91 Å². The average Bonchev–Trinajstić information content (AvgIpc) is 3.05. The lowest BCUT2D eigenvalue weighted by Gasteiger charge is -2.27. The van der Waals surface area contributed by atoms with Gasteiger partial charge in [0, 0.05) is 6.54 Å². The molecule has 0 aromatic heterocycles. The summed E-state index contributed by atoms with van der Waals surface area (Å²) in [6.45, 7) is 2.86. The Hall–Kier alpha value is -1.06. The molecule has 0 aliphatic heterocycles. The summed E-state index contributed by atoms with van der Waals surface area (Å²) < 4.78 is 0. The smallest absolute Gasteiger partial charge is 0.307 e. The van der Waals surface area contributed by atoms with Gasteiger partial charge >= 0.3 is 5.97 Å². The Labute approximate surface area is 102 Å². The van der Waals surface area contributed by atoms with Gasteiger partial charge in [0.25, 0.3) is 0 Å². The molecule has 0 aromatic carbocycles. The molecule has 2 unspecified atom stereocenters. The van der Waals surface area contributed by atoms with Crippen LogP contribution in [-0.4, -0.2) is 23.5 Å². The van der Waals surface area contributed by atoms with Crippen molar-refractivity contribution in [3.63, 3.8) is 0 Å². The molecule has 96 valence electrons. The molecule has 2 aliphatic rings. The zero-order chi connectivity index (χ0) is 12.5. The Bertz CT molecular complexity index is 323. The summed E-state index contributed by atoms with van der Waals surface area (Å²) in [4.78, 5) is 23.1. The van der Waals surface area contributed by atoms with E-state index in [1.54, 1.807) is 0 Å². The van der Waals surface area contributed by atoms with Gasteiger partial charge in [-0.15, -0.1) is 0 Å². The molecule has 0 spiro atoms. The van der Waals surface area contributed by atoms with Crippen LogP contribution in [-0.2, 0) is 9.59 Å². The van der Waals surface area contributed by atoms with Crippen molar-refractivity contribution in [1.82, 2.24) is 5.32 Å². The lowest BCUT2D eigenvalue weighted by Crippen LogP contribution is -2.41. The fraction of sp³-hybridized carbons (Fsp3) is 0.846. The Balaban J connectivity index is 1.89. The van der Waals surface area contributed by atoms with E-state index in [0.717, 1.165) is 19.3 Å². The summed E-state index contributed by atoms with van der Waals surface area (Å²) in [5.74, 6) is -1.66. The van der Waals surface area contributed by atoms with Crippen molar-refractivity contribution in [2.45, 2.75) is 45.4 Å². The molecule has 2 saturated carbocycles. The molecule has 2 aliphatic carbocycles. The molecule has 4 heteroatoms. The van der Waals surface area contributed by atoms with Crippen molar-refractivity contribution in [3.8, 4) is 0 Å². The molecular formula is C13H21NO3. The molecule has 17 heavy (non-hydrogen) atoms. The van der Waals surface area contributed by atoms with Gasteiger partial charge in [0.15, 0.2) is 0 Å². The quantitative estimate of drug-likeness (QED) is 0.786. The second-order valence-electron chi connectivity index (χ2n) is 5.86. The maximum absolute atomic E-state index is 12.0. The van der Waals surface area contributed by atoms with Gasteiger partial charge in [-0.1, -0.05) is 19.8 Å². The molecule has 0 heterocycles. The highest BCUT2D eigenvalue weighted by atomic mass is 16.4. The molecule has 2 N–H and O–H groups in total. The van der Waals surface area contributed by atoms with Crippen molar-refractivity contribution in [2.24, 2.45) is 17.3 Å². The van der Waals surface area contributed by atoms with E-state index < -0.39 is 11.9 Å². The minimum atomic E-state index is -0.817. The summed E-state index contributed by atoms with van der Waals surface area (Å²) >= 11 is 0. The number of hydrogen-bond donors (Lipinski definition) is 2. The van der Waals surface area contributed by atoms with E-state index >= 15 is 0 Å². The number of carbonyl (C=O) groups excluding carboxylic acids is 1. The van der Waals surface area contributed by atoms with Crippen LogP contribution in [0.3, 0.4) is 0 Å². The Morgan fingerprint density at radius 3 is 2.35 bits per heavy atom. The largest absolute Gasteiger partial charge is 0.481 e. The minimum absolute atomic E-state index is 0.0507.